The van der Waals surface area contributed by atoms with Crippen molar-refractivity contribution in [3.63, 3.8) is 0 Å². The van der Waals surface area contributed by atoms with Crippen molar-refractivity contribution < 1.29 is 13.9 Å². The first kappa shape index (κ1) is 23.4. The average Bonchev–Trinajstić information content (AvgIpc) is 3.23. The molecule has 1 saturated heterocycles. The number of para-hydroxylation sites is 3. The van der Waals surface area contributed by atoms with Gasteiger partial charge in [-0.05, 0) is 68.2 Å². The van der Waals surface area contributed by atoms with Gasteiger partial charge in [0.25, 0.3) is 0 Å². The quantitative estimate of drug-likeness (QED) is 0.329. The zero-order valence-corrected chi connectivity index (χ0v) is 20.4. The van der Waals surface area contributed by atoms with E-state index in [1.54, 1.807) is 20.3 Å². The summed E-state index contributed by atoms with van der Waals surface area (Å²) in [7, 11) is 3.33. The summed E-state index contributed by atoms with van der Waals surface area (Å²) in [4.78, 5) is 7.36. The lowest BCUT2D eigenvalue weighted by Gasteiger charge is -2.32. The first-order valence-electron chi connectivity index (χ1n) is 12.3. The van der Waals surface area contributed by atoms with Crippen molar-refractivity contribution in [1.82, 2.24) is 14.5 Å². The second kappa shape index (κ2) is 10.5. The van der Waals surface area contributed by atoms with Gasteiger partial charge in [0.1, 0.15) is 23.1 Å². The van der Waals surface area contributed by atoms with E-state index in [-0.39, 0.29) is 5.82 Å². The van der Waals surface area contributed by atoms with Gasteiger partial charge in [0.05, 0.1) is 31.8 Å². The Morgan fingerprint density at radius 2 is 1.66 bits per heavy atom. The number of hydrogen-bond donors (Lipinski definition) is 0. The van der Waals surface area contributed by atoms with Crippen molar-refractivity contribution in [3.05, 3.63) is 89.5 Å². The standard InChI is InChI=1S/C29H32FN3O2/c1-34-24-11-12-25(30)23(18-24)19-32-15-13-21(14-16-32)17-29-31-26-8-4-5-9-27(26)33(29)20-22-7-3-6-10-28(22)35-2/h3-12,18,21H,13-17,19-20H2,1-2H3. The number of rotatable bonds is 8. The summed E-state index contributed by atoms with van der Waals surface area (Å²) in [6.45, 7) is 3.25. The van der Waals surface area contributed by atoms with E-state index in [2.05, 4.69) is 39.8 Å². The number of hydrogen-bond acceptors (Lipinski definition) is 4. The van der Waals surface area contributed by atoms with Crippen LogP contribution < -0.4 is 9.47 Å². The van der Waals surface area contributed by atoms with E-state index in [4.69, 9.17) is 14.5 Å². The number of halogens is 1. The third-order valence-corrected chi connectivity index (χ3v) is 7.08. The largest absolute Gasteiger partial charge is 0.497 e. The Morgan fingerprint density at radius 1 is 0.886 bits per heavy atom. The fraction of sp³-hybridized carbons (Fsp3) is 0.345. The lowest BCUT2D eigenvalue weighted by molar-refractivity contribution is 0.173. The van der Waals surface area contributed by atoms with Crippen molar-refractivity contribution in [1.29, 1.82) is 0 Å². The Labute approximate surface area is 206 Å². The molecular formula is C29H32FN3O2. The van der Waals surface area contributed by atoms with Gasteiger partial charge in [0, 0.05) is 24.1 Å². The van der Waals surface area contributed by atoms with Crippen LogP contribution in [0.5, 0.6) is 11.5 Å². The highest BCUT2D eigenvalue weighted by molar-refractivity contribution is 5.76. The Balaban J connectivity index is 1.30. The molecular weight excluding hydrogens is 441 g/mol. The van der Waals surface area contributed by atoms with Crippen LogP contribution in [-0.4, -0.2) is 41.8 Å². The normalized spacial score (nSPS) is 14.9. The number of likely N-dealkylation sites (tertiary alicyclic amines) is 1. The SMILES string of the molecule is COc1ccc(F)c(CN2CCC(Cc3nc4ccccc4n3Cc3ccccc3OC)CC2)c1. The summed E-state index contributed by atoms with van der Waals surface area (Å²) in [5.74, 6) is 3.10. The van der Waals surface area contributed by atoms with Gasteiger partial charge in [-0.2, -0.15) is 0 Å². The molecule has 0 bridgehead atoms. The second-order valence-electron chi connectivity index (χ2n) is 9.30. The van der Waals surface area contributed by atoms with Crippen LogP contribution in [0.2, 0.25) is 0 Å². The summed E-state index contributed by atoms with van der Waals surface area (Å²) in [5, 5.41) is 0. The molecule has 5 nitrogen and oxygen atoms in total. The summed E-state index contributed by atoms with van der Waals surface area (Å²) in [5.41, 5.74) is 4.03. The topological polar surface area (TPSA) is 39.5 Å². The highest BCUT2D eigenvalue weighted by atomic mass is 19.1. The molecule has 1 aliphatic heterocycles. The van der Waals surface area contributed by atoms with Gasteiger partial charge in [-0.1, -0.05) is 30.3 Å². The number of nitrogens with zero attached hydrogens (tertiary/aromatic N) is 3. The van der Waals surface area contributed by atoms with Crippen LogP contribution in [0, 0.1) is 11.7 Å². The molecule has 3 aromatic carbocycles. The van der Waals surface area contributed by atoms with Crippen molar-refractivity contribution >= 4 is 11.0 Å². The third-order valence-electron chi connectivity index (χ3n) is 7.08. The molecule has 0 amide bonds. The Morgan fingerprint density at radius 3 is 2.46 bits per heavy atom. The molecule has 1 aliphatic rings. The predicted octanol–water partition coefficient (Wildman–Crippen LogP) is 5.70. The molecule has 0 aliphatic carbocycles. The molecule has 0 N–H and O–H groups in total. The van der Waals surface area contributed by atoms with Crippen LogP contribution in [0.1, 0.15) is 29.8 Å². The van der Waals surface area contributed by atoms with Crippen molar-refractivity contribution in [2.75, 3.05) is 27.3 Å². The van der Waals surface area contributed by atoms with Crippen LogP contribution in [0.3, 0.4) is 0 Å². The first-order valence-corrected chi connectivity index (χ1v) is 12.3. The highest BCUT2D eigenvalue weighted by Gasteiger charge is 2.23. The molecule has 5 rings (SSSR count). The van der Waals surface area contributed by atoms with Gasteiger partial charge in [0.2, 0.25) is 0 Å². The zero-order chi connectivity index (χ0) is 24.2. The van der Waals surface area contributed by atoms with E-state index < -0.39 is 0 Å². The number of fused-ring (bicyclic) bond motifs is 1. The van der Waals surface area contributed by atoms with Gasteiger partial charge in [0.15, 0.2) is 0 Å². The fourth-order valence-electron chi connectivity index (χ4n) is 5.11. The van der Waals surface area contributed by atoms with Crippen LogP contribution >= 0.6 is 0 Å². The minimum absolute atomic E-state index is 0.169. The minimum atomic E-state index is -0.169. The molecule has 4 aromatic rings. The monoisotopic (exact) mass is 473 g/mol. The Bertz CT molecular complexity index is 1290. The maximum absolute atomic E-state index is 14.3. The lowest BCUT2D eigenvalue weighted by Crippen LogP contribution is -2.34. The summed E-state index contributed by atoms with van der Waals surface area (Å²) in [6.07, 6.45) is 3.08. The van der Waals surface area contributed by atoms with Gasteiger partial charge >= 0.3 is 0 Å². The molecule has 0 atom stereocenters. The van der Waals surface area contributed by atoms with Crippen LogP contribution in [0.15, 0.2) is 66.7 Å². The molecule has 1 aromatic heterocycles. The van der Waals surface area contributed by atoms with Gasteiger partial charge in [-0.15, -0.1) is 0 Å². The predicted molar refractivity (Wildman–Crippen MR) is 136 cm³/mol. The lowest BCUT2D eigenvalue weighted by atomic mass is 9.93. The Kier molecular flexibility index (Phi) is 7.00. The van der Waals surface area contributed by atoms with E-state index in [0.717, 1.165) is 67.1 Å². The number of ether oxygens (including phenoxy) is 2. The van der Waals surface area contributed by atoms with Crippen molar-refractivity contribution in [2.24, 2.45) is 5.92 Å². The molecule has 0 radical (unpaired) electrons. The molecule has 0 saturated carbocycles. The van der Waals surface area contributed by atoms with Crippen LogP contribution in [0.25, 0.3) is 11.0 Å². The third kappa shape index (κ3) is 5.17. The highest BCUT2D eigenvalue weighted by Crippen LogP contribution is 2.28. The number of aromatic nitrogens is 2. The van der Waals surface area contributed by atoms with Gasteiger partial charge in [-0.3, -0.25) is 4.90 Å². The van der Waals surface area contributed by atoms with E-state index in [1.807, 2.05) is 24.3 Å². The average molecular weight is 474 g/mol. The number of piperidine rings is 1. The summed E-state index contributed by atoms with van der Waals surface area (Å²) in [6, 6.07) is 21.5. The number of methoxy groups -OCH3 is 2. The first-order chi connectivity index (χ1) is 17.1. The zero-order valence-electron chi connectivity index (χ0n) is 20.4. The molecule has 0 spiro atoms. The fourth-order valence-corrected chi connectivity index (χ4v) is 5.11. The number of imidazole rings is 1. The summed E-state index contributed by atoms with van der Waals surface area (Å²) < 4.78 is 27.5. The van der Waals surface area contributed by atoms with Crippen LogP contribution in [-0.2, 0) is 19.5 Å². The smallest absolute Gasteiger partial charge is 0.127 e. The molecule has 2 heterocycles. The second-order valence-corrected chi connectivity index (χ2v) is 9.30. The van der Waals surface area contributed by atoms with Crippen molar-refractivity contribution in [2.45, 2.75) is 32.4 Å². The maximum Gasteiger partial charge on any atom is 0.127 e. The van der Waals surface area contributed by atoms with Gasteiger partial charge < -0.3 is 14.0 Å². The molecule has 6 heteroatoms. The molecule has 35 heavy (non-hydrogen) atoms. The van der Waals surface area contributed by atoms with E-state index >= 15 is 0 Å². The minimum Gasteiger partial charge on any atom is -0.497 e. The molecule has 1 fully saturated rings. The van der Waals surface area contributed by atoms with Gasteiger partial charge in [-0.25, -0.2) is 9.37 Å². The Hall–Kier alpha value is -3.38. The summed E-state index contributed by atoms with van der Waals surface area (Å²) >= 11 is 0. The van der Waals surface area contributed by atoms with Crippen molar-refractivity contribution in [3.8, 4) is 11.5 Å². The van der Waals surface area contributed by atoms with E-state index in [9.17, 15) is 4.39 Å². The van der Waals surface area contributed by atoms with Crippen LogP contribution in [0.4, 0.5) is 4.39 Å². The van der Waals surface area contributed by atoms with E-state index in [1.165, 1.54) is 6.07 Å². The molecule has 0 unspecified atom stereocenters. The molecule has 182 valence electrons. The number of benzene rings is 3. The van der Waals surface area contributed by atoms with E-state index in [0.29, 0.717) is 23.8 Å². The maximum atomic E-state index is 14.3.